The Bertz CT molecular complexity index is 1040. The fourth-order valence-electron chi connectivity index (χ4n) is 2.89. The molecule has 7 heteroatoms. The Morgan fingerprint density at radius 2 is 1.79 bits per heavy atom. The van der Waals surface area contributed by atoms with Crippen LogP contribution in [0.15, 0.2) is 71.8 Å². The molecule has 4 rings (SSSR count). The number of hydrogen-bond donors (Lipinski definition) is 1. The van der Waals surface area contributed by atoms with E-state index in [0.29, 0.717) is 28.2 Å². The molecule has 0 amide bonds. The summed E-state index contributed by atoms with van der Waals surface area (Å²) in [5.41, 5.74) is 6.28. The lowest BCUT2D eigenvalue weighted by atomic mass is 10.2. The van der Waals surface area contributed by atoms with Crippen LogP contribution in [0.25, 0.3) is 0 Å². The lowest BCUT2D eigenvalue weighted by Gasteiger charge is -2.15. The Kier molecular flexibility index (Phi) is 6.19. The second kappa shape index (κ2) is 8.99. The normalized spacial score (nSPS) is 15.6. The van der Waals surface area contributed by atoms with Gasteiger partial charge in [-0.25, -0.2) is 0 Å². The number of nitrogens with one attached hydrogen (secondary N) is 1. The smallest absolute Gasteiger partial charge is 0.161 e. The van der Waals surface area contributed by atoms with Crippen molar-refractivity contribution in [2.24, 2.45) is 5.10 Å². The highest BCUT2D eigenvalue weighted by Gasteiger charge is 2.23. The zero-order valence-electron chi connectivity index (χ0n) is 15.6. The number of ether oxygens (including phenoxy) is 2. The van der Waals surface area contributed by atoms with E-state index < -0.39 is 0 Å². The molecular weight excluding hydrogens is 427 g/mol. The van der Waals surface area contributed by atoms with Gasteiger partial charge in [-0.3, -0.25) is 5.43 Å². The second-order valence-electron chi connectivity index (χ2n) is 6.36. The van der Waals surface area contributed by atoms with E-state index in [1.807, 2.05) is 42.5 Å². The number of thioether (sulfide) groups is 1. The Morgan fingerprint density at radius 3 is 2.55 bits per heavy atom. The van der Waals surface area contributed by atoms with Crippen LogP contribution >= 0.6 is 35.0 Å². The van der Waals surface area contributed by atoms with Crippen molar-refractivity contribution >= 4 is 40.0 Å². The van der Waals surface area contributed by atoms with E-state index in [-0.39, 0.29) is 5.37 Å². The van der Waals surface area contributed by atoms with Gasteiger partial charge < -0.3 is 9.47 Å². The molecule has 0 saturated carbocycles. The van der Waals surface area contributed by atoms with Gasteiger partial charge in [-0.15, -0.1) is 0 Å². The van der Waals surface area contributed by atoms with Gasteiger partial charge in [-0.1, -0.05) is 77.4 Å². The van der Waals surface area contributed by atoms with Crippen molar-refractivity contribution in [2.45, 2.75) is 12.0 Å². The van der Waals surface area contributed by atoms with Gasteiger partial charge in [0.25, 0.3) is 0 Å². The van der Waals surface area contributed by atoms with Crippen LogP contribution in [0.3, 0.4) is 0 Å². The highest BCUT2D eigenvalue weighted by Crippen LogP contribution is 2.38. The average molecular weight is 445 g/mol. The van der Waals surface area contributed by atoms with Gasteiger partial charge in [-0.2, -0.15) is 5.10 Å². The van der Waals surface area contributed by atoms with Crippen LogP contribution in [-0.2, 0) is 6.61 Å². The number of benzene rings is 3. The quantitative estimate of drug-likeness (QED) is 0.485. The molecule has 0 saturated heterocycles. The molecule has 1 aliphatic rings. The summed E-state index contributed by atoms with van der Waals surface area (Å²) in [6.45, 7) is 0.365. The van der Waals surface area contributed by atoms with Crippen molar-refractivity contribution in [1.29, 1.82) is 0 Å². The highest BCUT2D eigenvalue weighted by atomic mass is 35.5. The summed E-state index contributed by atoms with van der Waals surface area (Å²) in [6, 6.07) is 21.5. The molecule has 1 aliphatic heterocycles. The molecule has 3 aromatic rings. The van der Waals surface area contributed by atoms with E-state index in [1.165, 1.54) is 0 Å². The first-order valence-electron chi connectivity index (χ1n) is 8.94. The van der Waals surface area contributed by atoms with Crippen molar-refractivity contribution in [3.8, 4) is 11.5 Å². The van der Waals surface area contributed by atoms with E-state index in [0.717, 1.165) is 21.7 Å². The predicted octanol–water partition coefficient (Wildman–Crippen LogP) is 6.28. The van der Waals surface area contributed by atoms with Gasteiger partial charge in [0.1, 0.15) is 17.0 Å². The van der Waals surface area contributed by atoms with Crippen molar-refractivity contribution in [1.82, 2.24) is 5.43 Å². The summed E-state index contributed by atoms with van der Waals surface area (Å²) in [5, 5.41) is 6.48. The van der Waals surface area contributed by atoms with Crippen LogP contribution in [0.1, 0.15) is 22.1 Å². The van der Waals surface area contributed by atoms with Gasteiger partial charge in [-0.05, 0) is 35.4 Å². The van der Waals surface area contributed by atoms with Gasteiger partial charge in [0.15, 0.2) is 11.5 Å². The number of halogens is 2. The minimum absolute atomic E-state index is 0.0169. The lowest BCUT2D eigenvalue weighted by molar-refractivity contribution is 0.284. The average Bonchev–Trinajstić information content (AvgIpc) is 3.25. The van der Waals surface area contributed by atoms with Crippen LogP contribution in [0.4, 0.5) is 0 Å². The third-order valence-electron chi connectivity index (χ3n) is 4.40. The third kappa shape index (κ3) is 4.64. The molecule has 1 heterocycles. The predicted molar refractivity (Wildman–Crippen MR) is 120 cm³/mol. The Balaban J connectivity index is 1.45. The summed E-state index contributed by atoms with van der Waals surface area (Å²) in [7, 11) is 1.63. The van der Waals surface area contributed by atoms with Gasteiger partial charge >= 0.3 is 0 Å². The minimum atomic E-state index is 0.0169. The van der Waals surface area contributed by atoms with Crippen LogP contribution < -0.4 is 14.9 Å². The van der Waals surface area contributed by atoms with E-state index in [1.54, 1.807) is 31.0 Å². The summed E-state index contributed by atoms with van der Waals surface area (Å²) in [5.74, 6) is 1.33. The molecular formula is C22H18Cl2N2O2S. The molecule has 3 aromatic carbocycles. The Labute approximate surface area is 183 Å². The Morgan fingerprint density at radius 1 is 0.966 bits per heavy atom. The summed E-state index contributed by atoms with van der Waals surface area (Å²) in [4.78, 5) is 0. The molecule has 0 radical (unpaired) electrons. The van der Waals surface area contributed by atoms with Crippen molar-refractivity contribution in [2.75, 3.05) is 7.11 Å². The third-order valence-corrected chi connectivity index (χ3v) is 6.30. The van der Waals surface area contributed by atoms with Crippen molar-refractivity contribution in [3.05, 3.63) is 93.5 Å². The van der Waals surface area contributed by atoms with E-state index in [2.05, 4.69) is 22.7 Å². The molecule has 0 spiro atoms. The molecule has 148 valence electrons. The standard InChI is InChI=1S/C22H18Cl2N2O2S/c1-27-20-12-16(22-26-25-21(29-22)15-5-3-2-4-6-15)8-10-19(20)28-13-14-7-9-17(23)18(24)11-14/h2-12,22,26H,13H2,1H3/t22-/m1/s1. The Hall–Kier alpha value is -2.34. The number of hydrogen-bond acceptors (Lipinski definition) is 5. The molecule has 0 aromatic heterocycles. The maximum Gasteiger partial charge on any atom is 0.161 e. The van der Waals surface area contributed by atoms with Crippen LogP contribution in [0.5, 0.6) is 11.5 Å². The van der Waals surface area contributed by atoms with Crippen molar-refractivity contribution in [3.63, 3.8) is 0 Å². The summed E-state index contributed by atoms with van der Waals surface area (Å²) in [6.07, 6.45) is 0. The topological polar surface area (TPSA) is 42.8 Å². The van der Waals surface area contributed by atoms with Crippen molar-refractivity contribution < 1.29 is 9.47 Å². The molecule has 29 heavy (non-hydrogen) atoms. The van der Waals surface area contributed by atoms with Crippen LogP contribution in [0, 0.1) is 0 Å². The van der Waals surface area contributed by atoms with Gasteiger partial charge in [0, 0.05) is 5.56 Å². The zero-order chi connectivity index (χ0) is 20.2. The molecule has 1 N–H and O–H groups in total. The minimum Gasteiger partial charge on any atom is -0.493 e. The molecule has 1 atom stereocenters. The van der Waals surface area contributed by atoms with Gasteiger partial charge in [0.2, 0.25) is 0 Å². The SMILES string of the molecule is COc1cc([C@@H]2NN=C(c3ccccc3)S2)ccc1OCc1ccc(Cl)c(Cl)c1. The number of hydrazone groups is 1. The van der Waals surface area contributed by atoms with Crippen LogP contribution in [-0.4, -0.2) is 12.2 Å². The fraction of sp³-hybridized carbons (Fsp3) is 0.136. The molecule has 0 fully saturated rings. The fourth-order valence-corrected chi connectivity index (χ4v) is 4.20. The highest BCUT2D eigenvalue weighted by molar-refractivity contribution is 8.14. The van der Waals surface area contributed by atoms with E-state index >= 15 is 0 Å². The van der Waals surface area contributed by atoms with Crippen LogP contribution in [0.2, 0.25) is 10.0 Å². The maximum atomic E-state index is 6.07. The summed E-state index contributed by atoms with van der Waals surface area (Å²) < 4.78 is 11.5. The first kappa shape index (κ1) is 20.0. The molecule has 0 unspecified atom stereocenters. The first-order valence-corrected chi connectivity index (χ1v) is 10.6. The largest absolute Gasteiger partial charge is 0.493 e. The monoisotopic (exact) mass is 444 g/mol. The van der Waals surface area contributed by atoms with E-state index in [4.69, 9.17) is 32.7 Å². The number of methoxy groups -OCH3 is 1. The molecule has 0 aliphatic carbocycles. The number of rotatable bonds is 6. The maximum absolute atomic E-state index is 6.07. The first-order chi connectivity index (χ1) is 14.1. The van der Waals surface area contributed by atoms with Gasteiger partial charge in [0.05, 0.1) is 17.2 Å². The molecule has 0 bridgehead atoms. The molecule has 4 nitrogen and oxygen atoms in total. The lowest BCUT2D eigenvalue weighted by Crippen LogP contribution is -2.07. The zero-order valence-corrected chi connectivity index (χ0v) is 17.9. The number of nitrogens with zero attached hydrogens (tertiary/aromatic N) is 1. The second-order valence-corrected chi connectivity index (χ2v) is 8.27. The van der Waals surface area contributed by atoms with E-state index in [9.17, 15) is 0 Å². The summed E-state index contributed by atoms with van der Waals surface area (Å²) >= 11 is 13.7.